The monoisotopic (exact) mass is 287 g/mol. The van der Waals surface area contributed by atoms with E-state index in [9.17, 15) is 4.79 Å². The van der Waals surface area contributed by atoms with Crippen LogP contribution in [0.5, 0.6) is 11.6 Å². The van der Waals surface area contributed by atoms with Crippen LogP contribution in [0, 0.1) is 5.92 Å². The summed E-state index contributed by atoms with van der Waals surface area (Å²) >= 11 is 0. The van der Waals surface area contributed by atoms with E-state index in [1.165, 1.54) is 0 Å². The van der Waals surface area contributed by atoms with Gasteiger partial charge in [0.1, 0.15) is 5.75 Å². The molecule has 112 valence electrons. The third-order valence-electron chi connectivity index (χ3n) is 2.94. The van der Waals surface area contributed by atoms with Crippen LogP contribution in [0.1, 0.15) is 19.4 Å². The largest absolute Gasteiger partial charge is 0.435 e. The van der Waals surface area contributed by atoms with E-state index in [1.54, 1.807) is 17.0 Å². The number of nitrogens with zero attached hydrogens (tertiary/aromatic N) is 2. The average molecular weight is 287 g/mol. The quantitative estimate of drug-likeness (QED) is 0.886. The summed E-state index contributed by atoms with van der Waals surface area (Å²) in [5.74, 6) is 1.12. The molecule has 0 aliphatic rings. The Hall–Kier alpha value is -2.14. The first kappa shape index (κ1) is 15.3. The number of benzene rings is 1. The lowest BCUT2D eigenvalue weighted by Gasteiger charge is -2.10. The molecule has 0 aliphatic heterocycles. The highest BCUT2D eigenvalue weighted by atomic mass is 16.5. The molecule has 1 heterocycles. The predicted octanol–water partition coefficient (Wildman–Crippen LogP) is 2.41. The van der Waals surface area contributed by atoms with Crippen molar-refractivity contribution >= 4 is 0 Å². The predicted molar refractivity (Wildman–Crippen MR) is 82.6 cm³/mol. The summed E-state index contributed by atoms with van der Waals surface area (Å²) in [7, 11) is 1.89. The zero-order valence-electron chi connectivity index (χ0n) is 12.7. The Labute approximate surface area is 124 Å². The van der Waals surface area contributed by atoms with Gasteiger partial charge in [0.05, 0.1) is 0 Å². The van der Waals surface area contributed by atoms with Crippen molar-refractivity contribution in [2.24, 2.45) is 5.92 Å². The molecule has 0 fully saturated rings. The van der Waals surface area contributed by atoms with Crippen LogP contribution < -0.4 is 15.6 Å². The standard InChI is InChI=1S/C16H21N3O2/c1-12(2)11-19-8-7-18-15(16(19)20)21-14-6-4-5-13(9-14)10-17-3/h4-9,12,17H,10-11H2,1-3H3. The maximum atomic E-state index is 12.3. The summed E-state index contributed by atoms with van der Waals surface area (Å²) in [6.07, 6.45) is 3.28. The summed E-state index contributed by atoms with van der Waals surface area (Å²) in [6.45, 7) is 5.53. The maximum absolute atomic E-state index is 12.3. The van der Waals surface area contributed by atoms with E-state index >= 15 is 0 Å². The lowest BCUT2D eigenvalue weighted by Crippen LogP contribution is -2.23. The normalized spacial score (nSPS) is 10.9. The molecule has 0 unspecified atom stereocenters. The molecular weight excluding hydrogens is 266 g/mol. The van der Waals surface area contributed by atoms with Gasteiger partial charge in [-0.15, -0.1) is 0 Å². The molecule has 5 heteroatoms. The fraction of sp³-hybridized carbons (Fsp3) is 0.375. The van der Waals surface area contributed by atoms with Crippen LogP contribution in [0.3, 0.4) is 0 Å². The minimum Gasteiger partial charge on any atom is -0.435 e. The number of aromatic nitrogens is 2. The van der Waals surface area contributed by atoms with Crippen molar-refractivity contribution in [3.05, 3.63) is 52.6 Å². The van der Waals surface area contributed by atoms with Gasteiger partial charge in [-0.1, -0.05) is 26.0 Å². The molecule has 5 nitrogen and oxygen atoms in total. The number of rotatable bonds is 6. The highest BCUT2D eigenvalue weighted by molar-refractivity contribution is 5.31. The van der Waals surface area contributed by atoms with Gasteiger partial charge in [-0.3, -0.25) is 4.79 Å². The molecule has 0 bridgehead atoms. The van der Waals surface area contributed by atoms with Crippen LogP contribution in [-0.4, -0.2) is 16.6 Å². The second-order valence-electron chi connectivity index (χ2n) is 5.36. The van der Waals surface area contributed by atoms with E-state index < -0.39 is 0 Å². The molecule has 0 radical (unpaired) electrons. The Bertz CT molecular complexity index is 650. The lowest BCUT2D eigenvalue weighted by atomic mass is 10.2. The molecule has 0 spiro atoms. The van der Waals surface area contributed by atoms with Crippen molar-refractivity contribution in [1.29, 1.82) is 0 Å². The van der Waals surface area contributed by atoms with E-state index in [1.807, 2.05) is 31.3 Å². The minimum absolute atomic E-state index is 0.111. The van der Waals surface area contributed by atoms with Gasteiger partial charge >= 0.3 is 5.56 Å². The van der Waals surface area contributed by atoms with Gasteiger partial charge in [0, 0.05) is 25.5 Å². The van der Waals surface area contributed by atoms with Crippen molar-refractivity contribution < 1.29 is 4.74 Å². The first-order valence-electron chi connectivity index (χ1n) is 7.07. The Balaban J connectivity index is 2.23. The van der Waals surface area contributed by atoms with Gasteiger partial charge in [-0.05, 0) is 30.7 Å². The first-order valence-corrected chi connectivity index (χ1v) is 7.07. The summed E-state index contributed by atoms with van der Waals surface area (Å²) in [4.78, 5) is 16.3. The van der Waals surface area contributed by atoms with Gasteiger partial charge in [-0.2, -0.15) is 0 Å². The molecule has 1 N–H and O–H groups in total. The molecule has 0 saturated carbocycles. The fourth-order valence-corrected chi connectivity index (χ4v) is 2.07. The molecule has 0 atom stereocenters. The third-order valence-corrected chi connectivity index (χ3v) is 2.94. The van der Waals surface area contributed by atoms with Crippen LogP contribution in [-0.2, 0) is 13.1 Å². The smallest absolute Gasteiger partial charge is 0.313 e. The van der Waals surface area contributed by atoms with Crippen LogP contribution in [0.2, 0.25) is 0 Å². The Morgan fingerprint density at radius 3 is 2.90 bits per heavy atom. The zero-order chi connectivity index (χ0) is 15.2. The van der Waals surface area contributed by atoms with Gasteiger partial charge in [0.25, 0.3) is 5.88 Å². The third kappa shape index (κ3) is 4.16. The summed E-state index contributed by atoms with van der Waals surface area (Å²) in [6, 6.07) is 7.62. The molecular formula is C16H21N3O2. The highest BCUT2D eigenvalue weighted by Gasteiger charge is 2.08. The van der Waals surface area contributed by atoms with E-state index in [0.29, 0.717) is 18.2 Å². The van der Waals surface area contributed by atoms with Crippen molar-refractivity contribution in [3.63, 3.8) is 0 Å². The van der Waals surface area contributed by atoms with Gasteiger partial charge in [0.15, 0.2) is 0 Å². The highest BCUT2D eigenvalue weighted by Crippen LogP contribution is 2.18. The van der Waals surface area contributed by atoms with Crippen LogP contribution >= 0.6 is 0 Å². The Kier molecular flexibility index (Phi) is 5.11. The van der Waals surface area contributed by atoms with E-state index in [0.717, 1.165) is 12.1 Å². The van der Waals surface area contributed by atoms with Gasteiger partial charge in [-0.25, -0.2) is 4.98 Å². The summed E-state index contributed by atoms with van der Waals surface area (Å²) in [5, 5.41) is 3.08. The molecule has 0 aliphatic carbocycles. The van der Waals surface area contributed by atoms with Crippen molar-refractivity contribution in [3.8, 4) is 11.6 Å². The lowest BCUT2D eigenvalue weighted by molar-refractivity contribution is 0.432. The maximum Gasteiger partial charge on any atom is 0.313 e. The molecule has 21 heavy (non-hydrogen) atoms. The topological polar surface area (TPSA) is 56.1 Å². The van der Waals surface area contributed by atoms with E-state index in [-0.39, 0.29) is 11.4 Å². The van der Waals surface area contributed by atoms with Crippen molar-refractivity contribution in [1.82, 2.24) is 14.9 Å². The Morgan fingerprint density at radius 2 is 2.19 bits per heavy atom. The molecule has 2 rings (SSSR count). The molecule has 0 saturated heterocycles. The van der Waals surface area contributed by atoms with Gasteiger partial charge < -0.3 is 14.6 Å². The Morgan fingerprint density at radius 1 is 1.38 bits per heavy atom. The molecule has 1 aromatic heterocycles. The summed E-state index contributed by atoms with van der Waals surface area (Å²) in [5.41, 5.74) is 0.888. The van der Waals surface area contributed by atoms with Crippen LogP contribution in [0.25, 0.3) is 0 Å². The zero-order valence-corrected chi connectivity index (χ0v) is 12.7. The van der Waals surface area contributed by atoms with Crippen LogP contribution in [0.15, 0.2) is 41.5 Å². The first-order chi connectivity index (χ1) is 10.1. The molecule has 0 amide bonds. The average Bonchev–Trinajstić information content (AvgIpc) is 2.44. The number of hydrogen-bond donors (Lipinski definition) is 1. The minimum atomic E-state index is -0.204. The summed E-state index contributed by atoms with van der Waals surface area (Å²) < 4.78 is 7.28. The van der Waals surface area contributed by atoms with Gasteiger partial charge in [0.2, 0.25) is 0 Å². The molecule has 2 aromatic rings. The van der Waals surface area contributed by atoms with Crippen molar-refractivity contribution in [2.75, 3.05) is 7.05 Å². The van der Waals surface area contributed by atoms with E-state index in [4.69, 9.17) is 4.74 Å². The fourth-order valence-electron chi connectivity index (χ4n) is 2.07. The van der Waals surface area contributed by atoms with E-state index in [2.05, 4.69) is 24.1 Å². The number of ether oxygens (including phenoxy) is 1. The number of hydrogen-bond acceptors (Lipinski definition) is 4. The number of nitrogens with one attached hydrogen (secondary N) is 1. The molecule has 1 aromatic carbocycles. The van der Waals surface area contributed by atoms with Crippen LogP contribution in [0.4, 0.5) is 0 Å². The second-order valence-corrected chi connectivity index (χ2v) is 5.36. The van der Waals surface area contributed by atoms with Crippen molar-refractivity contribution in [2.45, 2.75) is 26.9 Å². The SMILES string of the molecule is CNCc1cccc(Oc2nccn(CC(C)C)c2=O)c1. The second kappa shape index (κ2) is 7.04.